The van der Waals surface area contributed by atoms with Crippen LogP contribution in [-0.2, 0) is 14.8 Å². The maximum absolute atomic E-state index is 13.1. The van der Waals surface area contributed by atoms with Crippen molar-refractivity contribution in [1.29, 1.82) is 0 Å². The van der Waals surface area contributed by atoms with Gasteiger partial charge in [-0.15, -0.1) is 0 Å². The number of benzene rings is 2. The van der Waals surface area contributed by atoms with Crippen molar-refractivity contribution in [3.8, 4) is 0 Å². The minimum atomic E-state index is -3.65. The Kier molecular flexibility index (Phi) is 7.47. The number of aryl methyl sites for hydroxylation is 2. The highest BCUT2D eigenvalue weighted by molar-refractivity contribution is 7.92. The first-order chi connectivity index (χ1) is 13.5. The van der Waals surface area contributed by atoms with Crippen molar-refractivity contribution in [1.82, 2.24) is 5.32 Å². The molecule has 0 radical (unpaired) electrons. The first-order valence-electron chi connectivity index (χ1n) is 9.92. The second-order valence-corrected chi connectivity index (χ2v) is 9.99. The van der Waals surface area contributed by atoms with Gasteiger partial charge in [0.25, 0.3) is 0 Å². The van der Waals surface area contributed by atoms with Crippen molar-refractivity contribution in [2.45, 2.75) is 53.1 Å². The van der Waals surface area contributed by atoms with Crippen LogP contribution in [0.15, 0.2) is 48.5 Å². The zero-order valence-electron chi connectivity index (χ0n) is 18.1. The second-order valence-electron chi connectivity index (χ2n) is 8.13. The molecule has 0 aliphatic carbocycles. The van der Waals surface area contributed by atoms with Crippen molar-refractivity contribution in [3.05, 3.63) is 65.2 Å². The molecule has 0 aromatic heterocycles. The Balaban J connectivity index is 2.36. The number of amides is 1. The Labute approximate surface area is 175 Å². The molecule has 6 heteroatoms. The summed E-state index contributed by atoms with van der Waals surface area (Å²) in [6.45, 7) is 9.59. The number of anilines is 1. The maximum Gasteiger partial charge on any atom is 0.244 e. The summed E-state index contributed by atoms with van der Waals surface area (Å²) >= 11 is 0. The fourth-order valence-electron chi connectivity index (χ4n) is 3.47. The maximum atomic E-state index is 13.1. The molecule has 2 aromatic rings. The van der Waals surface area contributed by atoms with Crippen molar-refractivity contribution in [2.75, 3.05) is 10.6 Å². The van der Waals surface area contributed by atoms with Gasteiger partial charge >= 0.3 is 0 Å². The van der Waals surface area contributed by atoms with Gasteiger partial charge < -0.3 is 5.32 Å². The van der Waals surface area contributed by atoms with E-state index in [4.69, 9.17) is 0 Å². The molecule has 0 bridgehead atoms. The molecule has 2 aromatic carbocycles. The fraction of sp³-hybridized carbons (Fsp3) is 0.435. The largest absolute Gasteiger partial charge is 0.347 e. The van der Waals surface area contributed by atoms with E-state index in [1.807, 2.05) is 62.4 Å². The predicted octanol–water partition coefficient (Wildman–Crippen LogP) is 4.36. The second kappa shape index (κ2) is 9.44. The molecule has 0 heterocycles. The Bertz CT molecular complexity index is 940. The normalized spacial score (nSPS) is 13.8. The number of carbonyl (C=O) groups excluding carboxylic acids is 1. The molecule has 0 spiro atoms. The van der Waals surface area contributed by atoms with E-state index in [-0.39, 0.29) is 11.9 Å². The molecule has 158 valence electrons. The molecule has 2 rings (SSSR count). The van der Waals surface area contributed by atoms with E-state index in [9.17, 15) is 13.2 Å². The van der Waals surface area contributed by atoms with Crippen molar-refractivity contribution >= 4 is 21.6 Å². The smallest absolute Gasteiger partial charge is 0.244 e. The molecular weight excluding hydrogens is 384 g/mol. The average Bonchev–Trinajstić information content (AvgIpc) is 2.63. The van der Waals surface area contributed by atoms with Crippen LogP contribution < -0.4 is 9.62 Å². The third kappa shape index (κ3) is 6.07. The van der Waals surface area contributed by atoms with Gasteiger partial charge in [-0.05, 0) is 55.9 Å². The lowest BCUT2D eigenvalue weighted by atomic mass is 9.96. The highest BCUT2D eigenvalue weighted by Gasteiger charge is 2.31. The summed E-state index contributed by atoms with van der Waals surface area (Å²) in [5.74, 6) is 0.0617. The SMILES string of the molecule is Cc1ccc(C)c(N([C@H](C)C(=O)N[C@@H](CC(C)C)c2ccccc2)S(C)(=O)=O)c1. The first kappa shape index (κ1) is 22.9. The summed E-state index contributed by atoms with van der Waals surface area (Å²) in [5.41, 5.74) is 3.30. The van der Waals surface area contributed by atoms with Crippen LogP contribution in [0.4, 0.5) is 5.69 Å². The topological polar surface area (TPSA) is 66.5 Å². The van der Waals surface area contributed by atoms with E-state index in [0.717, 1.165) is 29.4 Å². The molecule has 0 unspecified atom stereocenters. The zero-order valence-corrected chi connectivity index (χ0v) is 19.0. The molecule has 1 N–H and O–H groups in total. The van der Waals surface area contributed by atoms with Gasteiger partial charge in [0.2, 0.25) is 15.9 Å². The highest BCUT2D eigenvalue weighted by Crippen LogP contribution is 2.27. The molecule has 1 amide bonds. The molecule has 0 saturated carbocycles. The van der Waals surface area contributed by atoms with E-state index in [0.29, 0.717) is 11.6 Å². The molecule has 0 aliphatic heterocycles. The van der Waals surface area contributed by atoms with E-state index >= 15 is 0 Å². The summed E-state index contributed by atoms with van der Waals surface area (Å²) in [7, 11) is -3.65. The lowest BCUT2D eigenvalue weighted by molar-refractivity contribution is -0.122. The quantitative estimate of drug-likeness (QED) is 0.695. The molecule has 0 fully saturated rings. The van der Waals surface area contributed by atoms with Crippen molar-refractivity contribution < 1.29 is 13.2 Å². The van der Waals surface area contributed by atoms with Gasteiger partial charge in [-0.2, -0.15) is 0 Å². The predicted molar refractivity (Wildman–Crippen MR) is 119 cm³/mol. The van der Waals surface area contributed by atoms with E-state index < -0.39 is 16.1 Å². The van der Waals surface area contributed by atoms with Crippen LogP contribution in [-0.4, -0.2) is 26.6 Å². The van der Waals surface area contributed by atoms with Gasteiger partial charge in [0.1, 0.15) is 6.04 Å². The Hall–Kier alpha value is -2.34. The van der Waals surface area contributed by atoms with Crippen LogP contribution in [0.5, 0.6) is 0 Å². The number of carbonyl (C=O) groups is 1. The zero-order chi connectivity index (χ0) is 21.8. The molecule has 2 atom stereocenters. The lowest BCUT2D eigenvalue weighted by Crippen LogP contribution is -2.49. The third-order valence-electron chi connectivity index (χ3n) is 4.92. The molecule has 0 aliphatic rings. The summed E-state index contributed by atoms with van der Waals surface area (Å²) in [6, 6.07) is 14.4. The number of hydrogen-bond donors (Lipinski definition) is 1. The van der Waals surface area contributed by atoms with Crippen LogP contribution >= 0.6 is 0 Å². The Morgan fingerprint density at radius 1 is 1.03 bits per heavy atom. The lowest BCUT2D eigenvalue weighted by Gasteiger charge is -2.31. The minimum absolute atomic E-state index is 0.175. The van der Waals surface area contributed by atoms with E-state index in [1.165, 1.54) is 4.31 Å². The van der Waals surface area contributed by atoms with E-state index in [1.54, 1.807) is 6.92 Å². The number of sulfonamides is 1. The standard InChI is InChI=1S/C23H32N2O3S/c1-16(2)14-21(20-10-8-7-9-11-20)24-23(26)19(5)25(29(6,27)28)22-15-17(3)12-13-18(22)4/h7-13,15-16,19,21H,14H2,1-6H3,(H,24,26)/t19-,21+/m1/s1. The number of rotatable bonds is 8. The Morgan fingerprint density at radius 2 is 1.66 bits per heavy atom. The fourth-order valence-corrected chi connectivity index (χ4v) is 4.69. The van der Waals surface area contributed by atoms with Crippen LogP contribution in [0.2, 0.25) is 0 Å². The third-order valence-corrected chi connectivity index (χ3v) is 6.14. The first-order valence-corrected chi connectivity index (χ1v) is 11.8. The summed E-state index contributed by atoms with van der Waals surface area (Å²) in [6.07, 6.45) is 1.91. The molecule has 0 saturated heterocycles. The van der Waals surface area contributed by atoms with Gasteiger partial charge in [-0.3, -0.25) is 9.10 Å². The monoisotopic (exact) mass is 416 g/mol. The molecular formula is C23H32N2O3S. The van der Waals surface area contributed by atoms with E-state index in [2.05, 4.69) is 19.2 Å². The van der Waals surface area contributed by atoms with Gasteiger partial charge in [-0.25, -0.2) is 8.42 Å². The van der Waals surface area contributed by atoms with Crippen LogP contribution in [0.25, 0.3) is 0 Å². The van der Waals surface area contributed by atoms with Crippen LogP contribution in [0, 0.1) is 19.8 Å². The van der Waals surface area contributed by atoms with Crippen LogP contribution in [0.1, 0.15) is 49.9 Å². The van der Waals surface area contributed by atoms with Crippen molar-refractivity contribution in [3.63, 3.8) is 0 Å². The molecule has 29 heavy (non-hydrogen) atoms. The Morgan fingerprint density at radius 3 is 2.21 bits per heavy atom. The summed E-state index contributed by atoms with van der Waals surface area (Å²) in [4.78, 5) is 13.1. The number of nitrogens with one attached hydrogen (secondary N) is 1. The van der Waals surface area contributed by atoms with Gasteiger partial charge in [0.05, 0.1) is 18.0 Å². The van der Waals surface area contributed by atoms with Gasteiger partial charge in [0, 0.05) is 0 Å². The minimum Gasteiger partial charge on any atom is -0.347 e. The summed E-state index contributed by atoms with van der Waals surface area (Å²) < 4.78 is 26.5. The summed E-state index contributed by atoms with van der Waals surface area (Å²) in [5, 5.41) is 3.08. The number of hydrogen-bond acceptors (Lipinski definition) is 3. The van der Waals surface area contributed by atoms with Gasteiger partial charge in [0.15, 0.2) is 0 Å². The van der Waals surface area contributed by atoms with Crippen LogP contribution in [0.3, 0.4) is 0 Å². The number of nitrogens with zero attached hydrogens (tertiary/aromatic N) is 1. The van der Waals surface area contributed by atoms with Crippen molar-refractivity contribution in [2.24, 2.45) is 5.92 Å². The molecule has 5 nitrogen and oxygen atoms in total. The van der Waals surface area contributed by atoms with Gasteiger partial charge in [-0.1, -0.05) is 56.3 Å². The highest BCUT2D eigenvalue weighted by atomic mass is 32.2. The average molecular weight is 417 g/mol.